The van der Waals surface area contributed by atoms with Crippen molar-refractivity contribution < 1.29 is 0 Å². The summed E-state index contributed by atoms with van der Waals surface area (Å²) < 4.78 is 0.851. The smallest absolute Gasteiger partial charge is 0.0931 e. The Hall–Kier alpha value is -0.830. The first kappa shape index (κ1) is 12.6. The third-order valence-corrected chi connectivity index (χ3v) is 3.89. The van der Waals surface area contributed by atoms with E-state index in [2.05, 4.69) is 48.8 Å². The van der Waals surface area contributed by atoms with E-state index >= 15 is 0 Å². The van der Waals surface area contributed by atoms with Crippen LogP contribution in [0.2, 0.25) is 4.34 Å². The summed E-state index contributed by atoms with van der Waals surface area (Å²) >= 11 is 7.52. The minimum atomic E-state index is 0.333. The first-order chi connectivity index (χ1) is 8.15. The summed E-state index contributed by atoms with van der Waals surface area (Å²) in [4.78, 5) is 0. The van der Waals surface area contributed by atoms with E-state index in [0.717, 1.165) is 10.9 Å². The molecule has 0 radical (unpaired) electrons. The van der Waals surface area contributed by atoms with Crippen molar-refractivity contribution in [2.45, 2.75) is 26.4 Å². The van der Waals surface area contributed by atoms with Crippen LogP contribution in [0, 0.1) is 6.92 Å². The maximum Gasteiger partial charge on any atom is 0.0931 e. The van der Waals surface area contributed by atoms with Crippen LogP contribution in [-0.4, -0.2) is 0 Å². The lowest BCUT2D eigenvalue weighted by Gasteiger charge is -2.12. The lowest BCUT2D eigenvalue weighted by Crippen LogP contribution is -2.17. The van der Waals surface area contributed by atoms with Crippen molar-refractivity contribution in [2.75, 3.05) is 0 Å². The Balaban J connectivity index is 1.94. The van der Waals surface area contributed by atoms with Crippen LogP contribution in [-0.2, 0) is 6.54 Å². The van der Waals surface area contributed by atoms with Crippen molar-refractivity contribution in [3.63, 3.8) is 0 Å². The van der Waals surface area contributed by atoms with E-state index in [1.165, 1.54) is 16.7 Å². The van der Waals surface area contributed by atoms with E-state index in [9.17, 15) is 0 Å². The maximum atomic E-state index is 5.93. The molecule has 1 N–H and O–H groups in total. The van der Waals surface area contributed by atoms with E-state index in [1.807, 2.05) is 6.07 Å². The molecule has 0 amide bonds. The Labute approximate surface area is 111 Å². The summed E-state index contributed by atoms with van der Waals surface area (Å²) in [5, 5.41) is 5.61. The average molecular weight is 266 g/mol. The second-order valence-corrected chi connectivity index (χ2v) is 5.82. The summed E-state index contributed by atoms with van der Waals surface area (Å²) in [6, 6.07) is 10.9. The van der Waals surface area contributed by atoms with Gasteiger partial charge in [-0.15, -0.1) is 11.3 Å². The SMILES string of the molecule is Cc1cccc(CNC(C)c2csc(Cl)c2)c1. The molecular formula is C14H16ClNS. The van der Waals surface area contributed by atoms with Crippen LogP contribution in [0.4, 0.5) is 0 Å². The van der Waals surface area contributed by atoms with Crippen LogP contribution in [0.25, 0.3) is 0 Å². The molecule has 0 bridgehead atoms. The highest BCUT2D eigenvalue weighted by Crippen LogP contribution is 2.24. The van der Waals surface area contributed by atoms with Crippen LogP contribution in [0.3, 0.4) is 0 Å². The normalized spacial score (nSPS) is 12.6. The molecular weight excluding hydrogens is 250 g/mol. The van der Waals surface area contributed by atoms with Crippen molar-refractivity contribution in [1.82, 2.24) is 5.32 Å². The lowest BCUT2D eigenvalue weighted by molar-refractivity contribution is 0.576. The van der Waals surface area contributed by atoms with Crippen LogP contribution < -0.4 is 5.32 Å². The topological polar surface area (TPSA) is 12.0 Å². The number of hydrogen-bond acceptors (Lipinski definition) is 2. The fraction of sp³-hybridized carbons (Fsp3) is 0.286. The van der Waals surface area contributed by atoms with E-state index in [0.29, 0.717) is 6.04 Å². The molecule has 2 aromatic rings. The van der Waals surface area contributed by atoms with E-state index < -0.39 is 0 Å². The Morgan fingerprint density at radius 2 is 2.18 bits per heavy atom. The molecule has 3 heteroatoms. The van der Waals surface area contributed by atoms with Crippen LogP contribution in [0.5, 0.6) is 0 Å². The largest absolute Gasteiger partial charge is 0.306 e. The molecule has 0 saturated heterocycles. The van der Waals surface area contributed by atoms with Gasteiger partial charge in [0.05, 0.1) is 4.34 Å². The summed E-state index contributed by atoms with van der Waals surface area (Å²) in [6.45, 7) is 5.16. The van der Waals surface area contributed by atoms with Gasteiger partial charge in [-0.05, 0) is 36.4 Å². The standard InChI is InChI=1S/C14H16ClNS/c1-10-4-3-5-12(6-10)8-16-11(2)13-7-14(15)17-9-13/h3-7,9,11,16H,8H2,1-2H3. The third kappa shape index (κ3) is 3.56. The molecule has 17 heavy (non-hydrogen) atoms. The fourth-order valence-corrected chi connectivity index (χ4v) is 2.75. The van der Waals surface area contributed by atoms with Crippen LogP contribution >= 0.6 is 22.9 Å². The van der Waals surface area contributed by atoms with Crippen LogP contribution in [0.15, 0.2) is 35.7 Å². The molecule has 2 rings (SSSR count). The Bertz CT molecular complexity index is 492. The van der Waals surface area contributed by atoms with Gasteiger partial charge in [0.15, 0.2) is 0 Å². The number of halogens is 1. The van der Waals surface area contributed by atoms with Crippen molar-refractivity contribution in [2.24, 2.45) is 0 Å². The molecule has 0 aliphatic carbocycles. The zero-order valence-electron chi connectivity index (χ0n) is 10.0. The van der Waals surface area contributed by atoms with Gasteiger partial charge in [-0.2, -0.15) is 0 Å². The van der Waals surface area contributed by atoms with Gasteiger partial charge in [0.1, 0.15) is 0 Å². The van der Waals surface area contributed by atoms with Gasteiger partial charge in [0, 0.05) is 12.6 Å². The van der Waals surface area contributed by atoms with Gasteiger partial charge in [-0.1, -0.05) is 41.4 Å². The molecule has 0 aliphatic heterocycles. The Kier molecular flexibility index (Phi) is 4.21. The molecule has 1 aromatic heterocycles. The van der Waals surface area contributed by atoms with Crippen molar-refractivity contribution in [1.29, 1.82) is 0 Å². The zero-order chi connectivity index (χ0) is 12.3. The number of rotatable bonds is 4. The van der Waals surface area contributed by atoms with Gasteiger partial charge in [0.2, 0.25) is 0 Å². The number of thiophene rings is 1. The molecule has 1 atom stereocenters. The number of aryl methyl sites for hydroxylation is 1. The van der Waals surface area contributed by atoms with Crippen molar-refractivity contribution in [3.8, 4) is 0 Å². The average Bonchev–Trinajstić information content (AvgIpc) is 2.73. The predicted molar refractivity (Wildman–Crippen MR) is 75.8 cm³/mol. The highest BCUT2D eigenvalue weighted by atomic mass is 35.5. The van der Waals surface area contributed by atoms with Gasteiger partial charge in [0.25, 0.3) is 0 Å². The number of hydrogen-bond donors (Lipinski definition) is 1. The molecule has 90 valence electrons. The van der Waals surface area contributed by atoms with E-state index in [4.69, 9.17) is 11.6 Å². The maximum absolute atomic E-state index is 5.93. The van der Waals surface area contributed by atoms with Crippen molar-refractivity contribution >= 4 is 22.9 Å². The molecule has 0 fully saturated rings. The van der Waals surface area contributed by atoms with E-state index in [-0.39, 0.29) is 0 Å². The van der Waals surface area contributed by atoms with Gasteiger partial charge >= 0.3 is 0 Å². The summed E-state index contributed by atoms with van der Waals surface area (Å²) in [7, 11) is 0. The third-order valence-electron chi connectivity index (χ3n) is 2.78. The number of benzene rings is 1. The molecule has 0 aliphatic rings. The highest BCUT2D eigenvalue weighted by Gasteiger charge is 2.06. The fourth-order valence-electron chi connectivity index (χ4n) is 1.76. The first-order valence-electron chi connectivity index (χ1n) is 5.68. The quantitative estimate of drug-likeness (QED) is 0.855. The monoisotopic (exact) mass is 265 g/mol. The molecule has 1 unspecified atom stereocenters. The second kappa shape index (κ2) is 5.67. The Morgan fingerprint density at radius 3 is 2.82 bits per heavy atom. The first-order valence-corrected chi connectivity index (χ1v) is 6.94. The highest BCUT2D eigenvalue weighted by molar-refractivity contribution is 7.14. The van der Waals surface area contributed by atoms with Gasteiger partial charge in [-0.25, -0.2) is 0 Å². The Morgan fingerprint density at radius 1 is 1.35 bits per heavy atom. The molecule has 0 spiro atoms. The van der Waals surface area contributed by atoms with Crippen molar-refractivity contribution in [3.05, 3.63) is 56.7 Å². The molecule has 0 saturated carbocycles. The zero-order valence-corrected chi connectivity index (χ0v) is 11.6. The van der Waals surface area contributed by atoms with E-state index in [1.54, 1.807) is 11.3 Å². The molecule has 1 heterocycles. The minimum absolute atomic E-state index is 0.333. The van der Waals surface area contributed by atoms with Gasteiger partial charge in [-0.3, -0.25) is 0 Å². The molecule has 1 aromatic carbocycles. The van der Waals surface area contributed by atoms with Crippen LogP contribution in [0.1, 0.15) is 29.7 Å². The predicted octanol–water partition coefficient (Wildman–Crippen LogP) is 4.56. The number of nitrogens with one attached hydrogen (secondary N) is 1. The lowest BCUT2D eigenvalue weighted by atomic mass is 10.1. The summed E-state index contributed by atoms with van der Waals surface area (Å²) in [5.41, 5.74) is 3.88. The summed E-state index contributed by atoms with van der Waals surface area (Å²) in [6.07, 6.45) is 0. The minimum Gasteiger partial charge on any atom is -0.306 e. The van der Waals surface area contributed by atoms with Gasteiger partial charge < -0.3 is 5.32 Å². The second-order valence-electron chi connectivity index (χ2n) is 4.28. The summed E-state index contributed by atoms with van der Waals surface area (Å²) in [5.74, 6) is 0. The molecule has 1 nitrogen and oxygen atoms in total.